The van der Waals surface area contributed by atoms with E-state index >= 15 is 0 Å². The van der Waals surface area contributed by atoms with Crippen LogP contribution in [0.5, 0.6) is 0 Å². The number of aromatic nitrogens is 2. The van der Waals surface area contributed by atoms with Crippen molar-refractivity contribution in [2.45, 2.75) is 33.4 Å². The molecule has 0 saturated heterocycles. The molecule has 0 aliphatic rings. The van der Waals surface area contributed by atoms with Crippen molar-refractivity contribution in [1.82, 2.24) is 15.3 Å². The summed E-state index contributed by atoms with van der Waals surface area (Å²) < 4.78 is 5.51. The lowest BCUT2D eigenvalue weighted by Crippen LogP contribution is -2.18. The summed E-state index contributed by atoms with van der Waals surface area (Å²) >= 11 is 0. The second kappa shape index (κ2) is 4.53. The first kappa shape index (κ1) is 11.0. The van der Waals surface area contributed by atoms with Gasteiger partial charge < -0.3 is 14.7 Å². The molecule has 2 aromatic rings. The Morgan fingerprint density at radius 1 is 1.50 bits per heavy atom. The lowest BCUT2D eigenvalue weighted by Gasteiger charge is -2.11. The molecule has 0 fully saturated rings. The standard InChI is InChI=1S/C12H17N3O/c1-8-6-11(10(3)16-8)9(2)15-7-12-13-4-5-14-12/h4-6,9,15H,7H2,1-3H3,(H,13,14). The molecule has 0 aromatic carbocycles. The summed E-state index contributed by atoms with van der Waals surface area (Å²) in [6.07, 6.45) is 3.59. The van der Waals surface area contributed by atoms with Gasteiger partial charge in [-0.3, -0.25) is 0 Å². The van der Waals surface area contributed by atoms with E-state index in [9.17, 15) is 0 Å². The molecule has 0 aliphatic heterocycles. The Balaban J connectivity index is 1.98. The summed E-state index contributed by atoms with van der Waals surface area (Å²) in [4.78, 5) is 7.23. The quantitative estimate of drug-likeness (QED) is 0.830. The molecule has 86 valence electrons. The van der Waals surface area contributed by atoms with Crippen LogP contribution < -0.4 is 5.32 Å². The average molecular weight is 219 g/mol. The normalized spacial score (nSPS) is 12.9. The zero-order valence-corrected chi connectivity index (χ0v) is 9.87. The third kappa shape index (κ3) is 2.33. The molecule has 0 aliphatic carbocycles. The molecule has 0 bridgehead atoms. The number of nitrogens with zero attached hydrogens (tertiary/aromatic N) is 1. The zero-order valence-electron chi connectivity index (χ0n) is 9.87. The van der Waals surface area contributed by atoms with Crippen LogP contribution in [0.15, 0.2) is 22.9 Å². The molecule has 2 aromatic heterocycles. The number of hydrogen-bond donors (Lipinski definition) is 2. The Bertz CT molecular complexity index is 445. The number of hydrogen-bond acceptors (Lipinski definition) is 3. The SMILES string of the molecule is Cc1cc(C(C)NCc2ncc[nH]2)c(C)o1. The maximum absolute atomic E-state index is 5.51. The molecule has 1 unspecified atom stereocenters. The van der Waals surface area contributed by atoms with Crippen LogP contribution in [0.25, 0.3) is 0 Å². The van der Waals surface area contributed by atoms with Gasteiger partial charge in [-0.1, -0.05) is 0 Å². The Morgan fingerprint density at radius 2 is 2.31 bits per heavy atom. The predicted molar refractivity (Wildman–Crippen MR) is 62.0 cm³/mol. The second-order valence-electron chi connectivity index (χ2n) is 4.01. The maximum Gasteiger partial charge on any atom is 0.120 e. The average Bonchev–Trinajstić information content (AvgIpc) is 2.84. The van der Waals surface area contributed by atoms with Crippen molar-refractivity contribution in [3.8, 4) is 0 Å². The van der Waals surface area contributed by atoms with Crippen LogP contribution in [-0.2, 0) is 6.54 Å². The highest BCUT2D eigenvalue weighted by Crippen LogP contribution is 2.21. The lowest BCUT2D eigenvalue weighted by molar-refractivity contribution is 0.488. The first-order valence-electron chi connectivity index (χ1n) is 5.45. The van der Waals surface area contributed by atoms with Gasteiger partial charge in [-0.2, -0.15) is 0 Å². The minimum Gasteiger partial charge on any atom is -0.466 e. The minimum atomic E-state index is 0.266. The predicted octanol–water partition coefficient (Wildman–Crippen LogP) is 2.47. The number of imidazole rings is 1. The van der Waals surface area contributed by atoms with Crippen molar-refractivity contribution in [1.29, 1.82) is 0 Å². The van der Waals surface area contributed by atoms with Crippen LogP contribution in [0, 0.1) is 13.8 Å². The topological polar surface area (TPSA) is 53.9 Å². The number of H-pyrrole nitrogens is 1. The summed E-state index contributed by atoms with van der Waals surface area (Å²) in [7, 11) is 0. The van der Waals surface area contributed by atoms with Gasteiger partial charge in [0.15, 0.2) is 0 Å². The smallest absolute Gasteiger partial charge is 0.120 e. The van der Waals surface area contributed by atoms with Crippen LogP contribution >= 0.6 is 0 Å². The van der Waals surface area contributed by atoms with E-state index in [2.05, 4.69) is 28.3 Å². The Labute approximate surface area is 95.1 Å². The highest BCUT2D eigenvalue weighted by atomic mass is 16.3. The molecular formula is C12H17N3O. The molecule has 0 saturated carbocycles. The highest BCUT2D eigenvalue weighted by molar-refractivity contribution is 5.23. The molecule has 2 N–H and O–H groups in total. The van der Waals surface area contributed by atoms with Gasteiger partial charge in [-0.15, -0.1) is 0 Å². The van der Waals surface area contributed by atoms with Crippen LogP contribution in [0.4, 0.5) is 0 Å². The number of aryl methyl sites for hydroxylation is 2. The summed E-state index contributed by atoms with van der Waals surface area (Å²) in [5, 5.41) is 3.40. The van der Waals surface area contributed by atoms with Crippen molar-refractivity contribution in [3.63, 3.8) is 0 Å². The van der Waals surface area contributed by atoms with Crippen molar-refractivity contribution in [3.05, 3.63) is 41.4 Å². The Hall–Kier alpha value is -1.55. The summed E-state index contributed by atoms with van der Waals surface area (Å²) in [5.74, 6) is 2.89. The van der Waals surface area contributed by atoms with Crippen LogP contribution in [0.2, 0.25) is 0 Å². The van der Waals surface area contributed by atoms with Crippen molar-refractivity contribution in [2.24, 2.45) is 0 Å². The van der Waals surface area contributed by atoms with Crippen molar-refractivity contribution < 1.29 is 4.42 Å². The van der Waals surface area contributed by atoms with E-state index < -0.39 is 0 Å². The number of furan rings is 1. The van der Waals surface area contributed by atoms with E-state index in [4.69, 9.17) is 4.42 Å². The van der Waals surface area contributed by atoms with E-state index in [0.29, 0.717) is 0 Å². The first-order valence-corrected chi connectivity index (χ1v) is 5.45. The molecule has 0 amide bonds. The van der Waals surface area contributed by atoms with E-state index in [-0.39, 0.29) is 6.04 Å². The fraction of sp³-hybridized carbons (Fsp3) is 0.417. The van der Waals surface area contributed by atoms with Gasteiger partial charge in [-0.25, -0.2) is 4.98 Å². The third-order valence-corrected chi connectivity index (χ3v) is 2.68. The van der Waals surface area contributed by atoms with Crippen LogP contribution in [0.1, 0.15) is 35.9 Å². The van der Waals surface area contributed by atoms with Gasteiger partial charge in [0, 0.05) is 24.0 Å². The summed E-state index contributed by atoms with van der Waals surface area (Å²) in [5.41, 5.74) is 1.21. The Kier molecular flexibility index (Phi) is 3.10. The summed E-state index contributed by atoms with van der Waals surface area (Å²) in [6.45, 7) is 6.82. The zero-order chi connectivity index (χ0) is 11.5. The van der Waals surface area contributed by atoms with Gasteiger partial charge in [0.25, 0.3) is 0 Å². The number of nitrogens with one attached hydrogen (secondary N) is 2. The van der Waals surface area contributed by atoms with E-state index in [1.54, 1.807) is 6.20 Å². The fourth-order valence-corrected chi connectivity index (χ4v) is 1.83. The second-order valence-corrected chi connectivity index (χ2v) is 4.01. The largest absolute Gasteiger partial charge is 0.466 e. The van der Waals surface area contributed by atoms with Crippen LogP contribution in [-0.4, -0.2) is 9.97 Å². The number of rotatable bonds is 4. The molecule has 4 nitrogen and oxygen atoms in total. The third-order valence-electron chi connectivity index (χ3n) is 2.68. The summed E-state index contributed by atoms with van der Waals surface area (Å²) in [6, 6.07) is 2.34. The van der Waals surface area contributed by atoms with Crippen molar-refractivity contribution >= 4 is 0 Å². The van der Waals surface area contributed by atoms with Crippen molar-refractivity contribution in [2.75, 3.05) is 0 Å². The van der Waals surface area contributed by atoms with Gasteiger partial charge in [-0.05, 0) is 26.8 Å². The minimum absolute atomic E-state index is 0.266. The molecule has 4 heteroatoms. The Morgan fingerprint density at radius 3 is 2.88 bits per heavy atom. The maximum atomic E-state index is 5.51. The van der Waals surface area contributed by atoms with Gasteiger partial charge in [0.1, 0.15) is 17.3 Å². The highest BCUT2D eigenvalue weighted by Gasteiger charge is 2.12. The first-order chi connectivity index (χ1) is 7.66. The fourth-order valence-electron chi connectivity index (χ4n) is 1.83. The van der Waals surface area contributed by atoms with E-state index in [0.717, 1.165) is 23.9 Å². The van der Waals surface area contributed by atoms with E-state index in [1.807, 2.05) is 20.0 Å². The van der Waals surface area contributed by atoms with Gasteiger partial charge in [0.2, 0.25) is 0 Å². The molecule has 2 heterocycles. The molecule has 2 rings (SSSR count). The molecule has 16 heavy (non-hydrogen) atoms. The van der Waals surface area contributed by atoms with Gasteiger partial charge >= 0.3 is 0 Å². The monoisotopic (exact) mass is 219 g/mol. The van der Waals surface area contributed by atoms with Gasteiger partial charge in [0.05, 0.1) is 6.54 Å². The molecule has 0 radical (unpaired) electrons. The molecular weight excluding hydrogens is 202 g/mol. The molecule has 1 atom stereocenters. The van der Waals surface area contributed by atoms with E-state index in [1.165, 1.54) is 5.56 Å². The lowest BCUT2D eigenvalue weighted by atomic mass is 10.1. The molecule has 0 spiro atoms. The van der Waals surface area contributed by atoms with Crippen LogP contribution in [0.3, 0.4) is 0 Å². The number of aromatic amines is 1.